The van der Waals surface area contributed by atoms with Gasteiger partial charge in [-0.1, -0.05) is 24.8 Å². The average molecular weight is 173 g/mol. The molecule has 2 aromatic rings. The fourth-order valence-corrected chi connectivity index (χ4v) is 1.57. The van der Waals surface area contributed by atoms with Crippen LogP contribution in [-0.2, 0) is 6.61 Å². The molecule has 0 aliphatic rings. The first-order valence-corrected chi connectivity index (χ1v) is 4.19. The number of aromatic amines is 1. The number of fused-ring (bicyclic) bond motifs is 1. The molecule has 0 saturated heterocycles. The summed E-state index contributed by atoms with van der Waals surface area (Å²) in [5.41, 5.74) is 2.87. The number of aliphatic hydroxyl groups is 1. The van der Waals surface area contributed by atoms with Crippen LogP contribution in [0.15, 0.2) is 30.8 Å². The predicted octanol–water partition coefficient (Wildman–Crippen LogP) is 2.30. The van der Waals surface area contributed by atoms with Crippen molar-refractivity contribution < 1.29 is 5.11 Å². The van der Waals surface area contributed by atoms with Crippen molar-refractivity contribution in [1.82, 2.24) is 4.98 Å². The highest BCUT2D eigenvalue weighted by molar-refractivity contribution is 5.86. The molecule has 2 N–H and O–H groups in total. The van der Waals surface area contributed by atoms with E-state index in [9.17, 15) is 0 Å². The van der Waals surface area contributed by atoms with Crippen molar-refractivity contribution in [3.63, 3.8) is 0 Å². The molecule has 0 saturated carbocycles. The lowest BCUT2D eigenvalue weighted by molar-refractivity contribution is 0.283. The fraction of sp³-hybridized carbons (Fsp3) is 0.0909. The van der Waals surface area contributed by atoms with Gasteiger partial charge in [-0.25, -0.2) is 0 Å². The van der Waals surface area contributed by atoms with Gasteiger partial charge in [-0.3, -0.25) is 0 Å². The van der Waals surface area contributed by atoms with E-state index in [0.29, 0.717) is 0 Å². The maximum atomic E-state index is 9.17. The Kier molecular flexibility index (Phi) is 1.91. The zero-order valence-corrected chi connectivity index (χ0v) is 7.25. The van der Waals surface area contributed by atoms with Gasteiger partial charge in [-0.05, 0) is 12.1 Å². The summed E-state index contributed by atoms with van der Waals surface area (Å²) in [5, 5.41) is 10.2. The largest absolute Gasteiger partial charge is 0.392 e. The van der Waals surface area contributed by atoms with E-state index in [1.165, 1.54) is 0 Å². The lowest BCUT2D eigenvalue weighted by Crippen LogP contribution is -1.83. The molecule has 0 aliphatic heterocycles. The van der Waals surface area contributed by atoms with Crippen LogP contribution < -0.4 is 0 Å². The van der Waals surface area contributed by atoms with Crippen molar-refractivity contribution in [2.75, 3.05) is 0 Å². The summed E-state index contributed by atoms with van der Waals surface area (Å²) in [7, 11) is 0. The van der Waals surface area contributed by atoms with Gasteiger partial charge in [-0.15, -0.1) is 0 Å². The smallest absolute Gasteiger partial charge is 0.0708 e. The van der Waals surface area contributed by atoms with Crippen LogP contribution in [-0.4, -0.2) is 10.1 Å². The maximum Gasteiger partial charge on any atom is 0.0708 e. The van der Waals surface area contributed by atoms with Crippen LogP contribution in [0.25, 0.3) is 17.0 Å². The molecule has 0 fully saturated rings. The number of hydrogen-bond acceptors (Lipinski definition) is 1. The molecule has 66 valence electrons. The van der Waals surface area contributed by atoms with Crippen LogP contribution in [0.5, 0.6) is 0 Å². The second kappa shape index (κ2) is 3.07. The van der Waals surface area contributed by atoms with Gasteiger partial charge in [0.25, 0.3) is 0 Å². The minimum absolute atomic E-state index is 0.0470. The lowest BCUT2D eigenvalue weighted by atomic mass is 10.1. The fourth-order valence-electron chi connectivity index (χ4n) is 1.57. The molecule has 1 heterocycles. The highest BCUT2D eigenvalue weighted by Gasteiger charge is 2.06. The highest BCUT2D eigenvalue weighted by atomic mass is 16.3. The molecule has 0 atom stereocenters. The number of para-hydroxylation sites is 1. The topological polar surface area (TPSA) is 36.0 Å². The second-order valence-corrected chi connectivity index (χ2v) is 2.93. The number of aliphatic hydroxyl groups excluding tert-OH is 1. The third-order valence-electron chi connectivity index (χ3n) is 2.21. The van der Waals surface area contributed by atoms with Crippen LogP contribution in [0.3, 0.4) is 0 Å². The number of rotatable bonds is 2. The van der Waals surface area contributed by atoms with Crippen LogP contribution in [0, 0.1) is 0 Å². The van der Waals surface area contributed by atoms with Crippen molar-refractivity contribution in [2.24, 2.45) is 0 Å². The van der Waals surface area contributed by atoms with Gasteiger partial charge < -0.3 is 10.1 Å². The Morgan fingerprint density at radius 1 is 1.38 bits per heavy atom. The van der Waals surface area contributed by atoms with Crippen LogP contribution in [0.4, 0.5) is 0 Å². The van der Waals surface area contributed by atoms with E-state index in [4.69, 9.17) is 5.11 Å². The molecule has 0 spiro atoms. The zero-order chi connectivity index (χ0) is 9.26. The molecule has 0 unspecified atom stereocenters. The number of hydrogen-bond donors (Lipinski definition) is 2. The summed E-state index contributed by atoms with van der Waals surface area (Å²) in [5.74, 6) is 0. The third kappa shape index (κ3) is 1.15. The molecule has 2 rings (SSSR count). The van der Waals surface area contributed by atoms with Gasteiger partial charge in [0.2, 0.25) is 0 Å². The van der Waals surface area contributed by atoms with E-state index >= 15 is 0 Å². The molecule has 0 radical (unpaired) electrons. The van der Waals surface area contributed by atoms with Crippen molar-refractivity contribution in [3.8, 4) is 0 Å². The number of nitrogens with one attached hydrogen (secondary N) is 1. The van der Waals surface area contributed by atoms with Crippen molar-refractivity contribution in [2.45, 2.75) is 6.61 Å². The average Bonchev–Trinajstić information content (AvgIpc) is 2.55. The van der Waals surface area contributed by atoms with E-state index in [1.807, 2.05) is 24.3 Å². The summed E-state index contributed by atoms with van der Waals surface area (Å²) >= 11 is 0. The van der Waals surface area contributed by atoms with E-state index < -0.39 is 0 Å². The van der Waals surface area contributed by atoms with E-state index in [-0.39, 0.29) is 6.61 Å². The van der Waals surface area contributed by atoms with Gasteiger partial charge >= 0.3 is 0 Å². The highest BCUT2D eigenvalue weighted by Crippen LogP contribution is 2.22. The standard InChI is InChI=1S/C11H11NO/c1-2-10-9(7-13)8-5-3-4-6-11(8)12-10/h2-6,12-13H,1,7H2. The SMILES string of the molecule is C=Cc1[nH]c2ccccc2c1CO. The first-order valence-electron chi connectivity index (χ1n) is 4.19. The summed E-state index contributed by atoms with van der Waals surface area (Å²) < 4.78 is 0. The minimum atomic E-state index is 0.0470. The van der Waals surface area contributed by atoms with Crippen molar-refractivity contribution >= 4 is 17.0 Å². The molecule has 13 heavy (non-hydrogen) atoms. The number of benzene rings is 1. The normalized spacial score (nSPS) is 10.5. The summed E-state index contributed by atoms with van der Waals surface area (Å²) in [6.07, 6.45) is 1.73. The summed E-state index contributed by atoms with van der Waals surface area (Å²) in [6.45, 7) is 3.74. The first-order chi connectivity index (χ1) is 6.36. The van der Waals surface area contributed by atoms with Gasteiger partial charge in [0.1, 0.15) is 0 Å². The molecule has 0 bridgehead atoms. The lowest BCUT2D eigenvalue weighted by Gasteiger charge is -1.93. The van der Waals surface area contributed by atoms with E-state index in [2.05, 4.69) is 11.6 Å². The molecule has 1 aromatic carbocycles. The van der Waals surface area contributed by atoms with Crippen LogP contribution in [0.2, 0.25) is 0 Å². The van der Waals surface area contributed by atoms with E-state index in [1.54, 1.807) is 6.08 Å². The Balaban J connectivity index is 2.81. The molecule has 2 nitrogen and oxygen atoms in total. The first kappa shape index (κ1) is 8.08. The second-order valence-electron chi connectivity index (χ2n) is 2.93. The Hall–Kier alpha value is -1.54. The Labute approximate surface area is 76.5 Å². The quantitative estimate of drug-likeness (QED) is 0.718. The monoisotopic (exact) mass is 173 g/mol. The zero-order valence-electron chi connectivity index (χ0n) is 7.25. The van der Waals surface area contributed by atoms with E-state index in [0.717, 1.165) is 22.2 Å². The van der Waals surface area contributed by atoms with Crippen molar-refractivity contribution in [1.29, 1.82) is 0 Å². The summed E-state index contributed by atoms with van der Waals surface area (Å²) in [4.78, 5) is 3.19. The molecule has 0 amide bonds. The van der Waals surface area contributed by atoms with Gasteiger partial charge in [-0.2, -0.15) is 0 Å². The molecule has 1 aromatic heterocycles. The number of H-pyrrole nitrogens is 1. The predicted molar refractivity (Wildman–Crippen MR) is 54.3 cm³/mol. The molecule has 0 aliphatic carbocycles. The van der Waals surface area contributed by atoms with Crippen LogP contribution in [0.1, 0.15) is 11.3 Å². The Morgan fingerprint density at radius 3 is 2.85 bits per heavy atom. The van der Waals surface area contributed by atoms with Gasteiger partial charge in [0.05, 0.1) is 6.61 Å². The molecular weight excluding hydrogens is 162 g/mol. The minimum Gasteiger partial charge on any atom is -0.392 e. The third-order valence-corrected chi connectivity index (χ3v) is 2.21. The summed E-state index contributed by atoms with van der Waals surface area (Å²) in [6, 6.07) is 7.90. The molecule has 2 heteroatoms. The van der Waals surface area contributed by atoms with Gasteiger partial charge in [0, 0.05) is 22.2 Å². The number of aromatic nitrogens is 1. The molecular formula is C11H11NO. The maximum absolute atomic E-state index is 9.17. The van der Waals surface area contributed by atoms with Crippen LogP contribution >= 0.6 is 0 Å². The van der Waals surface area contributed by atoms with Crippen molar-refractivity contribution in [3.05, 3.63) is 42.1 Å². The van der Waals surface area contributed by atoms with Gasteiger partial charge in [0.15, 0.2) is 0 Å². The Bertz CT molecular complexity index is 442. The Morgan fingerprint density at radius 2 is 2.15 bits per heavy atom.